The lowest BCUT2D eigenvalue weighted by atomic mass is 10.2. The Kier molecular flexibility index (Phi) is 10.3. The second kappa shape index (κ2) is 13.7. The molecule has 0 radical (unpaired) electrons. The van der Waals surface area contributed by atoms with Crippen molar-refractivity contribution < 1.29 is 4.42 Å². The summed E-state index contributed by atoms with van der Waals surface area (Å²) in [6.07, 6.45) is 2.72. The maximum atomic E-state index is 5.54. The number of hydrogen-bond acceptors (Lipinski definition) is 3. The number of aliphatic imine (C=N–C) groups is 1. The first-order chi connectivity index (χ1) is 15.9. The molecule has 0 saturated carbocycles. The quantitative estimate of drug-likeness (QED) is 0.170. The number of nitrogens with zero attached hydrogens (tertiary/aromatic N) is 2. The van der Waals surface area contributed by atoms with Crippen LogP contribution >= 0.6 is 28.7 Å². The molecule has 4 aromatic rings. The molecule has 0 amide bonds. The molecule has 0 aliphatic rings. The van der Waals surface area contributed by atoms with Crippen LogP contribution in [0.15, 0.2) is 119 Å². The van der Waals surface area contributed by atoms with Crippen LogP contribution in [0.4, 0.5) is 0 Å². The molecule has 170 valence electrons. The molecule has 0 spiro atoms. The minimum Gasteiger partial charge on any atom is -0.467 e. The van der Waals surface area contributed by atoms with Crippen LogP contribution in [0.5, 0.6) is 0 Å². The Morgan fingerprint density at radius 1 is 0.697 bits per heavy atom. The van der Waals surface area contributed by atoms with Gasteiger partial charge < -0.3 is 9.32 Å². The highest BCUT2D eigenvalue weighted by atomic mass is 79.9. The summed E-state index contributed by atoms with van der Waals surface area (Å²) in [7, 11) is 0. The van der Waals surface area contributed by atoms with Crippen molar-refractivity contribution in [2.24, 2.45) is 4.99 Å². The highest BCUT2D eigenvalue weighted by Gasteiger charge is 2.14. The number of hydrogen-bond donors (Lipinski definition) is 0. The largest absolute Gasteiger partial charge is 0.467 e. The molecule has 0 atom stereocenters. The van der Waals surface area contributed by atoms with Crippen LogP contribution in [0.1, 0.15) is 22.5 Å². The van der Waals surface area contributed by atoms with Crippen molar-refractivity contribution in [3.8, 4) is 0 Å². The average molecular weight is 522 g/mol. The van der Waals surface area contributed by atoms with Crippen LogP contribution < -0.4 is 0 Å². The average Bonchev–Trinajstić information content (AvgIpc) is 3.37. The zero-order valence-electron chi connectivity index (χ0n) is 18.5. The third-order valence-electron chi connectivity index (χ3n) is 5.12. The Morgan fingerprint density at radius 3 is 1.76 bits per heavy atom. The van der Waals surface area contributed by atoms with Gasteiger partial charge in [-0.15, -0.1) is 17.0 Å². The van der Waals surface area contributed by atoms with Gasteiger partial charge in [-0.25, -0.2) is 0 Å². The van der Waals surface area contributed by atoms with Crippen molar-refractivity contribution in [1.82, 2.24) is 4.90 Å². The van der Waals surface area contributed by atoms with Crippen molar-refractivity contribution >= 4 is 33.9 Å². The van der Waals surface area contributed by atoms with Crippen LogP contribution in [-0.2, 0) is 26.1 Å². The Bertz CT molecular complexity index is 1030. The van der Waals surface area contributed by atoms with Gasteiger partial charge in [0.05, 0.1) is 12.8 Å². The summed E-state index contributed by atoms with van der Waals surface area (Å²) >= 11 is 1.82. The highest BCUT2D eigenvalue weighted by Crippen LogP contribution is 2.19. The number of benzene rings is 3. The first-order valence-electron chi connectivity index (χ1n) is 10.9. The Balaban J connectivity index is 0.00000306. The van der Waals surface area contributed by atoms with Gasteiger partial charge in [0.2, 0.25) is 0 Å². The molecule has 0 aliphatic heterocycles. The van der Waals surface area contributed by atoms with Gasteiger partial charge >= 0.3 is 0 Å². The van der Waals surface area contributed by atoms with Gasteiger partial charge in [0, 0.05) is 18.8 Å². The van der Waals surface area contributed by atoms with Gasteiger partial charge in [-0.2, -0.15) is 0 Å². The molecule has 0 aliphatic carbocycles. The van der Waals surface area contributed by atoms with E-state index in [-0.39, 0.29) is 17.0 Å². The van der Waals surface area contributed by atoms with Crippen LogP contribution in [-0.4, -0.2) is 15.8 Å². The van der Waals surface area contributed by atoms with E-state index in [9.17, 15) is 0 Å². The lowest BCUT2D eigenvalue weighted by Crippen LogP contribution is -2.28. The molecule has 4 rings (SSSR count). The summed E-state index contributed by atoms with van der Waals surface area (Å²) in [4.78, 5) is 7.38. The number of aryl methyl sites for hydroxylation is 1. The third kappa shape index (κ3) is 8.26. The lowest BCUT2D eigenvalue weighted by molar-refractivity contribution is 0.412. The molecule has 0 saturated heterocycles. The van der Waals surface area contributed by atoms with Crippen molar-refractivity contribution in [3.63, 3.8) is 0 Å². The molecule has 0 unspecified atom stereocenters. The van der Waals surface area contributed by atoms with Crippen LogP contribution in [0.25, 0.3) is 0 Å². The number of furan rings is 1. The zero-order chi connectivity index (χ0) is 21.8. The van der Waals surface area contributed by atoms with Crippen molar-refractivity contribution in [2.75, 3.05) is 5.75 Å². The maximum Gasteiger partial charge on any atom is 0.160 e. The van der Waals surface area contributed by atoms with Gasteiger partial charge in [-0.05, 0) is 35.2 Å². The standard InChI is InChI=1S/C28H28N2OS.BrH/c1-4-11-24(12-5-1)18-20-32-28(29-21-27-17-10-19-31-27)30(22-25-13-6-2-7-14-25)23-26-15-8-3-9-16-26;/h1-17,19H,18,20-23H2;1H. The third-order valence-corrected chi connectivity index (χ3v) is 6.17. The second-order valence-electron chi connectivity index (χ2n) is 7.59. The fourth-order valence-corrected chi connectivity index (χ4v) is 4.48. The predicted molar refractivity (Wildman–Crippen MR) is 145 cm³/mol. The summed E-state index contributed by atoms with van der Waals surface area (Å²) in [5.41, 5.74) is 3.90. The molecule has 5 heteroatoms. The molecule has 0 N–H and O–H groups in total. The van der Waals surface area contributed by atoms with E-state index in [1.54, 1.807) is 6.26 Å². The summed E-state index contributed by atoms with van der Waals surface area (Å²) in [6.45, 7) is 2.16. The molecular weight excluding hydrogens is 492 g/mol. The van der Waals surface area contributed by atoms with Gasteiger partial charge in [0.15, 0.2) is 5.17 Å². The van der Waals surface area contributed by atoms with E-state index in [0.29, 0.717) is 6.54 Å². The van der Waals surface area contributed by atoms with Crippen LogP contribution in [0, 0.1) is 0 Å². The van der Waals surface area contributed by atoms with E-state index in [2.05, 4.69) is 95.9 Å². The van der Waals surface area contributed by atoms with Gasteiger partial charge in [0.25, 0.3) is 0 Å². The topological polar surface area (TPSA) is 28.7 Å². The first kappa shape index (κ1) is 24.9. The number of halogens is 1. The monoisotopic (exact) mass is 520 g/mol. The molecule has 3 aromatic carbocycles. The smallest absolute Gasteiger partial charge is 0.160 e. The van der Waals surface area contributed by atoms with Crippen molar-refractivity contribution in [2.45, 2.75) is 26.1 Å². The number of thioether (sulfide) groups is 1. The van der Waals surface area contributed by atoms with E-state index in [4.69, 9.17) is 9.41 Å². The molecule has 33 heavy (non-hydrogen) atoms. The molecule has 0 bridgehead atoms. The summed E-state index contributed by atoms with van der Waals surface area (Å²) < 4.78 is 5.54. The molecule has 1 aromatic heterocycles. The van der Waals surface area contributed by atoms with E-state index >= 15 is 0 Å². The normalized spacial score (nSPS) is 11.1. The van der Waals surface area contributed by atoms with Crippen LogP contribution in [0.3, 0.4) is 0 Å². The van der Waals surface area contributed by atoms with Gasteiger partial charge in [-0.1, -0.05) is 103 Å². The summed E-state index contributed by atoms with van der Waals surface area (Å²) in [5.74, 6) is 1.85. The first-order valence-corrected chi connectivity index (χ1v) is 11.9. The summed E-state index contributed by atoms with van der Waals surface area (Å²) in [5, 5.41) is 1.05. The fraction of sp³-hybridized carbons (Fsp3) is 0.179. The van der Waals surface area contributed by atoms with Crippen LogP contribution in [0.2, 0.25) is 0 Å². The zero-order valence-corrected chi connectivity index (χ0v) is 21.1. The van der Waals surface area contributed by atoms with E-state index in [1.165, 1.54) is 16.7 Å². The van der Waals surface area contributed by atoms with Gasteiger partial charge in [0.1, 0.15) is 5.76 Å². The number of rotatable bonds is 9. The maximum absolute atomic E-state index is 5.54. The van der Waals surface area contributed by atoms with Crippen molar-refractivity contribution in [3.05, 3.63) is 132 Å². The Labute approximate surface area is 211 Å². The molecule has 3 nitrogen and oxygen atoms in total. The lowest BCUT2D eigenvalue weighted by Gasteiger charge is -2.26. The molecule has 1 heterocycles. The fourth-order valence-electron chi connectivity index (χ4n) is 3.49. The highest BCUT2D eigenvalue weighted by molar-refractivity contribution is 8.93. The van der Waals surface area contributed by atoms with E-state index < -0.39 is 0 Å². The SMILES string of the molecule is Br.c1ccc(CCSC(=NCc2ccco2)N(Cc2ccccc2)Cc2ccccc2)cc1. The van der Waals surface area contributed by atoms with E-state index in [0.717, 1.165) is 36.2 Å². The molecule has 0 fully saturated rings. The predicted octanol–water partition coefficient (Wildman–Crippen LogP) is 7.39. The van der Waals surface area contributed by atoms with E-state index in [1.807, 2.05) is 23.9 Å². The minimum atomic E-state index is 0. The second-order valence-corrected chi connectivity index (χ2v) is 8.65. The van der Waals surface area contributed by atoms with Crippen molar-refractivity contribution in [1.29, 1.82) is 0 Å². The number of amidine groups is 1. The van der Waals surface area contributed by atoms with Gasteiger partial charge in [-0.3, -0.25) is 4.99 Å². The Hall–Kier alpha value is -2.76. The Morgan fingerprint density at radius 2 is 1.24 bits per heavy atom. The minimum absolute atomic E-state index is 0. The summed E-state index contributed by atoms with van der Waals surface area (Å²) in [6, 6.07) is 35.7. The molecular formula is C28H29BrN2OS.